The third-order valence-electron chi connectivity index (χ3n) is 3.55. The van der Waals surface area contributed by atoms with Crippen LogP contribution in [0.2, 0.25) is 0 Å². The van der Waals surface area contributed by atoms with Crippen LogP contribution in [0.4, 0.5) is 0 Å². The Morgan fingerprint density at radius 2 is 2.11 bits per heavy atom. The van der Waals surface area contributed by atoms with Crippen molar-refractivity contribution in [1.82, 2.24) is 4.72 Å². The number of hydrogen-bond acceptors (Lipinski definition) is 3. The van der Waals surface area contributed by atoms with E-state index in [1.165, 1.54) is 0 Å². The standard InChI is InChI=1S/C13H19NO3S/c1-2-11-4-3-5-12(8-11)18(16,17)14-9-13(10-15)6-7-13/h3-5,8,14-15H,2,6-7,9-10H2,1H3. The Morgan fingerprint density at radius 1 is 1.39 bits per heavy atom. The Balaban J connectivity index is 2.10. The van der Waals surface area contributed by atoms with Gasteiger partial charge in [0.2, 0.25) is 10.0 Å². The molecule has 1 fully saturated rings. The van der Waals surface area contributed by atoms with Crippen LogP contribution in [0.5, 0.6) is 0 Å². The van der Waals surface area contributed by atoms with Crippen molar-refractivity contribution < 1.29 is 13.5 Å². The summed E-state index contributed by atoms with van der Waals surface area (Å²) in [6.45, 7) is 2.36. The molecule has 0 amide bonds. The smallest absolute Gasteiger partial charge is 0.240 e. The molecule has 2 rings (SSSR count). The molecule has 0 unspecified atom stereocenters. The third kappa shape index (κ3) is 2.91. The summed E-state index contributed by atoms with van der Waals surface area (Å²) < 4.78 is 26.8. The fraction of sp³-hybridized carbons (Fsp3) is 0.538. The number of hydrogen-bond donors (Lipinski definition) is 2. The van der Waals surface area contributed by atoms with E-state index in [0.29, 0.717) is 11.4 Å². The number of rotatable bonds is 6. The van der Waals surface area contributed by atoms with Crippen molar-refractivity contribution in [1.29, 1.82) is 0 Å². The molecule has 0 aromatic heterocycles. The number of aliphatic hydroxyl groups is 1. The van der Waals surface area contributed by atoms with Crippen LogP contribution in [0.15, 0.2) is 29.2 Å². The van der Waals surface area contributed by atoms with Gasteiger partial charge < -0.3 is 5.11 Å². The van der Waals surface area contributed by atoms with Gasteiger partial charge in [-0.05, 0) is 37.0 Å². The Morgan fingerprint density at radius 3 is 2.67 bits per heavy atom. The molecule has 0 radical (unpaired) electrons. The van der Waals surface area contributed by atoms with E-state index in [0.717, 1.165) is 24.8 Å². The molecule has 0 saturated heterocycles. The molecule has 0 bridgehead atoms. The Kier molecular flexibility index (Phi) is 3.75. The monoisotopic (exact) mass is 269 g/mol. The van der Waals surface area contributed by atoms with Gasteiger partial charge in [0.25, 0.3) is 0 Å². The van der Waals surface area contributed by atoms with Gasteiger partial charge in [-0.25, -0.2) is 13.1 Å². The lowest BCUT2D eigenvalue weighted by atomic mass is 10.1. The van der Waals surface area contributed by atoms with Gasteiger partial charge in [-0.1, -0.05) is 19.1 Å². The van der Waals surface area contributed by atoms with E-state index in [1.54, 1.807) is 18.2 Å². The fourth-order valence-corrected chi connectivity index (χ4v) is 3.06. The van der Waals surface area contributed by atoms with Crippen molar-refractivity contribution in [2.24, 2.45) is 5.41 Å². The van der Waals surface area contributed by atoms with Crippen LogP contribution in [0, 0.1) is 5.41 Å². The largest absolute Gasteiger partial charge is 0.396 e. The fourth-order valence-electron chi connectivity index (χ4n) is 1.83. The van der Waals surface area contributed by atoms with E-state index in [1.807, 2.05) is 13.0 Å². The zero-order valence-corrected chi connectivity index (χ0v) is 11.3. The van der Waals surface area contributed by atoms with E-state index >= 15 is 0 Å². The molecule has 4 nitrogen and oxygen atoms in total. The van der Waals surface area contributed by atoms with E-state index in [4.69, 9.17) is 0 Å². The molecular weight excluding hydrogens is 250 g/mol. The highest BCUT2D eigenvalue weighted by Gasteiger charge is 2.42. The number of aryl methyl sites for hydroxylation is 1. The van der Waals surface area contributed by atoms with E-state index < -0.39 is 10.0 Å². The van der Waals surface area contributed by atoms with Gasteiger partial charge in [-0.2, -0.15) is 0 Å². The molecule has 5 heteroatoms. The maximum atomic E-state index is 12.1. The minimum absolute atomic E-state index is 0.0462. The van der Waals surface area contributed by atoms with Crippen LogP contribution in [0.3, 0.4) is 0 Å². The summed E-state index contributed by atoms with van der Waals surface area (Å²) in [4.78, 5) is 0.301. The minimum Gasteiger partial charge on any atom is -0.396 e. The van der Waals surface area contributed by atoms with Crippen molar-refractivity contribution in [3.8, 4) is 0 Å². The van der Waals surface area contributed by atoms with Crippen LogP contribution < -0.4 is 4.72 Å². The highest BCUT2D eigenvalue weighted by atomic mass is 32.2. The van der Waals surface area contributed by atoms with Gasteiger partial charge in [-0.3, -0.25) is 0 Å². The van der Waals surface area contributed by atoms with Crippen molar-refractivity contribution in [3.63, 3.8) is 0 Å². The van der Waals surface area contributed by atoms with Crippen LogP contribution in [-0.4, -0.2) is 26.7 Å². The Hall–Kier alpha value is -0.910. The molecule has 18 heavy (non-hydrogen) atoms. The molecule has 0 aliphatic heterocycles. The zero-order chi connectivity index (χ0) is 13.2. The summed E-state index contributed by atoms with van der Waals surface area (Å²) >= 11 is 0. The molecule has 1 aliphatic rings. The highest BCUT2D eigenvalue weighted by Crippen LogP contribution is 2.44. The molecule has 1 aromatic carbocycles. The van der Waals surface area contributed by atoms with E-state index in [2.05, 4.69) is 4.72 Å². The lowest BCUT2D eigenvalue weighted by Gasteiger charge is -2.13. The van der Waals surface area contributed by atoms with Gasteiger partial charge in [0, 0.05) is 18.6 Å². The zero-order valence-electron chi connectivity index (χ0n) is 10.5. The number of nitrogens with one attached hydrogen (secondary N) is 1. The Bertz CT molecular complexity index is 521. The van der Waals surface area contributed by atoms with Crippen molar-refractivity contribution in [3.05, 3.63) is 29.8 Å². The molecule has 1 aliphatic carbocycles. The van der Waals surface area contributed by atoms with Gasteiger partial charge in [-0.15, -0.1) is 0 Å². The number of benzene rings is 1. The maximum Gasteiger partial charge on any atom is 0.240 e. The first-order valence-electron chi connectivity index (χ1n) is 6.21. The Labute approximate surface area is 108 Å². The van der Waals surface area contributed by atoms with Crippen LogP contribution in [0.1, 0.15) is 25.3 Å². The molecule has 100 valence electrons. The van der Waals surface area contributed by atoms with Gasteiger partial charge in [0.05, 0.1) is 4.90 Å². The number of sulfonamides is 1. The first-order chi connectivity index (χ1) is 8.51. The van der Waals surface area contributed by atoms with E-state index in [9.17, 15) is 13.5 Å². The lowest BCUT2D eigenvalue weighted by Crippen LogP contribution is -2.31. The van der Waals surface area contributed by atoms with Crippen LogP contribution >= 0.6 is 0 Å². The summed E-state index contributed by atoms with van der Waals surface area (Å²) in [6.07, 6.45) is 2.59. The topological polar surface area (TPSA) is 66.4 Å². The lowest BCUT2D eigenvalue weighted by molar-refractivity contribution is 0.213. The van der Waals surface area contributed by atoms with Gasteiger partial charge in [0.15, 0.2) is 0 Å². The van der Waals surface area contributed by atoms with Crippen molar-refractivity contribution in [2.75, 3.05) is 13.2 Å². The first-order valence-corrected chi connectivity index (χ1v) is 7.69. The second-order valence-corrected chi connectivity index (χ2v) is 6.75. The third-order valence-corrected chi connectivity index (χ3v) is 4.95. The number of aliphatic hydroxyl groups excluding tert-OH is 1. The summed E-state index contributed by atoms with van der Waals surface area (Å²) in [7, 11) is -3.46. The van der Waals surface area contributed by atoms with Crippen LogP contribution in [0.25, 0.3) is 0 Å². The SMILES string of the molecule is CCc1cccc(S(=O)(=O)NCC2(CO)CC2)c1. The normalized spacial score (nSPS) is 17.7. The molecule has 1 saturated carbocycles. The summed E-state index contributed by atoms with van der Waals surface area (Å²) in [5, 5.41) is 9.17. The summed E-state index contributed by atoms with van der Waals surface area (Å²) in [5.74, 6) is 0. The molecular formula is C13H19NO3S. The molecule has 2 N–H and O–H groups in total. The summed E-state index contributed by atoms with van der Waals surface area (Å²) in [6, 6.07) is 6.96. The second-order valence-electron chi connectivity index (χ2n) is 4.98. The minimum atomic E-state index is -3.46. The predicted octanol–water partition coefficient (Wildman–Crippen LogP) is 1.30. The van der Waals surface area contributed by atoms with Gasteiger partial charge in [0.1, 0.15) is 0 Å². The molecule has 0 spiro atoms. The summed E-state index contributed by atoms with van der Waals surface area (Å²) in [5.41, 5.74) is 0.788. The molecule has 0 heterocycles. The van der Waals surface area contributed by atoms with Crippen LogP contribution in [-0.2, 0) is 16.4 Å². The quantitative estimate of drug-likeness (QED) is 0.818. The first kappa shape index (κ1) is 13.5. The highest BCUT2D eigenvalue weighted by molar-refractivity contribution is 7.89. The van der Waals surface area contributed by atoms with Crippen molar-refractivity contribution in [2.45, 2.75) is 31.1 Å². The van der Waals surface area contributed by atoms with Crippen molar-refractivity contribution >= 4 is 10.0 Å². The van der Waals surface area contributed by atoms with Gasteiger partial charge >= 0.3 is 0 Å². The predicted molar refractivity (Wildman–Crippen MR) is 69.8 cm³/mol. The molecule has 1 aromatic rings. The second kappa shape index (κ2) is 4.99. The maximum absolute atomic E-state index is 12.1. The molecule has 0 atom stereocenters. The van der Waals surface area contributed by atoms with E-state index in [-0.39, 0.29) is 12.0 Å². The average molecular weight is 269 g/mol. The average Bonchev–Trinajstić information content (AvgIpc) is 3.17.